The molecule has 84 valence electrons. The van der Waals surface area contributed by atoms with Gasteiger partial charge in [0.25, 0.3) is 0 Å². The molecular formula is C11H10ClNO3. The lowest BCUT2D eigenvalue weighted by molar-refractivity contribution is 0.229. The third-order valence-electron chi connectivity index (χ3n) is 2.14. The maximum absolute atomic E-state index is 11.6. The predicted molar refractivity (Wildman–Crippen MR) is 61.2 cm³/mol. The van der Waals surface area contributed by atoms with Gasteiger partial charge in [-0.1, -0.05) is 11.6 Å². The molecule has 1 aromatic carbocycles. The molecule has 0 aliphatic heterocycles. The van der Waals surface area contributed by atoms with Crippen molar-refractivity contribution >= 4 is 22.5 Å². The Kier molecular flexibility index (Phi) is 2.83. The summed E-state index contributed by atoms with van der Waals surface area (Å²) >= 11 is 5.86. The van der Waals surface area contributed by atoms with Crippen molar-refractivity contribution < 1.29 is 9.15 Å². The topological polar surface area (TPSA) is 52.3 Å². The molecular weight excluding hydrogens is 230 g/mol. The van der Waals surface area contributed by atoms with Gasteiger partial charge in [-0.25, -0.2) is 4.79 Å². The lowest BCUT2D eigenvalue weighted by Gasteiger charge is -2.03. The second-order valence-corrected chi connectivity index (χ2v) is 3.76. The average molecular weight is 240 g/mol. The molecule has 1 heterocycles. The summed E-state index contributed by atoms with van der Waals surface area (Å²) < 4.78 is 9.96. The molecule has 0 bridgehead atoms. The number of aromatic nitrogens is 1. The minimum atomic E-state index is -0.487. The van der Waals surface area contributed by atoms with E-state index in [-0.39, 0.29) is 6.08 Å². The molecule has 0 radical (unpaired) electrons. The number of benzene rings is 1. The second kappa shape index (κ2) is 4.14. The molecule has 0 spiro atoms. The van der Waals surface area contributed by atoms with Gasteiger partial charge in [0.1, 0.15) is 0 Å². The molecule has 16 heavy (non-hydrogen) atoms. The highest BCUT2D eigenvalue weighted by Gasteiger charge is 2.10. The van der Waals surface area contributed by atoms with Crippen LogP contribution in [0.3, 0.4) is 0 Å². The van der Waals surface area contributed by atoms with Crippen LogP contribution in [0.5, 0.6) is 6.08 Å². The smallest absolute Gasteiger partial charge is 0.397 e. The Balaban J connectivity index is 2.77. The average Bonchev–Trinajstić information content (AvgIpc) is 2.20. The number of aryl methyl sites for hydroxylation is 1. The molecule has 0 saturated heterocycles. The molecule has 5 heteroatoms. The Labute approximate surface area is 96.8 Å². The van der Waals surface area contributed by atoms with E-state index in [1.54, 1.807) is 19.1 Å². The summed E-state index contributed by atoms with van der Waals surface area (Å²) in [7, 11) is 0. The third-order valence-corrected chi connectivity index (χ3v) is 2.35. The Morgan fingerprint density at radius 2 is 2.25 bits per heavy atom. The van der Waals surface area contributed by atoms with Crippen LogP contribution >= 0.6 is 11.6 Å². The fourth-order valence-corrected chi connectivity index (χ4v) is 1.75. The lowest BCUT2D eigenvalue weighted by Crippen LogP contribution is -2.05. The lowest BCUT2D eigenvalue weighted by atomic mass is 10.1. The Morgan fingerprint density at radius 3 is 2.94 bits per heavy atom. The van der Waals surface area contributed by atoms with Crippen LogP contribution in [0.1, 0.15) is 12.5 Å². The monoisotopic (exact) mass is 239 g/mol. The first kappa shape index (κ1) is 11.0. The van der Waals surface area contributed by atoms with E-state index in [1.807, 2.05) is 6.92 Å². The van der Waals surface area contributed by atoms with Gasteiger partial charge in [0.2, 0.25) is 0 Å². The van der Waals surface area contributed by atoms with Gasteiger partial charge in [0.15, 0.2) is 0 Å². The number of nitrogens with zero attached hydrogens (tertiary/aromatic N) is 1. The Morgan fingerprint density at radius 1 is 1.50 bits per heavy atom. The molecule has 0 unspecified atom stereocenters. The largest absolute Gasteiger partial charge is 0.450 e. The zero-order valence-corrected chi connectivity index (χ0v) is 9.67. The van der Waals surface area contributed by atoms with Crippen LogP contribution in [0.15, 0.2) is 21.3 Å². The van der Waals surface area contributed by atoms with Crippen LogP contribution in [-0.4, -0.2) is 11.6 Å². The van der Waals surface area contributed by atoms with Crippen molar-refractivity contribution in [1.82, 2.24) is 4.98 Å². The minimum Gasteiger partial charge on any atom is -0.450 e. The highest BCUT2D eigenvalue weighted by molar-refractivity contribution is 6.31. The van der Waals surface area contributed by atoms with Crippen molar-refractivity contribution in [3.05, 3.63) is 33.1 Å². The Bertz CT molecular complexity index is 592. The number of ether oxygens (including phenoxy) is 1. The first-order valence-corrected chi connectivity index (χ1v) is 5.23. The molecule has 4 nitrogen and oxygen atoms in total. The SMILES string of the molecule is CCOc1nc2c(C)cc(Cl)cc2c(=O)o1. The third kappa shape index (κ3) is 1.88. The van der Waals surface area contributed by atoms with E-state index >= 15 is 0 Å². The van der Waals surface area contributed by atoms with Gasteiger partial charge in [0.05, 0.1) is 17.5 Å². The van der Waals surface area contributed by atoms with E-state index in [9.17, 15) is 4.79 Å². The van der Waals surface area contributed by atoms with E-state index in [0.717, 1.165) is 5.56 Å². The summed E-state index contributed by atoms with van der Waals surface area (Å²) in [5.74, 6) is 0. The summed E-state index contributed by atoms with van der Waals surface area (Å²) in [6.07, 6.45) is -0.00887. The highest BCUT2D eigenvalue weighted by atomic mass is 35.5. The molecule has 0 N–H and O–H groups in total. The van der Waals surface area contributed by atoms with E-state index in [0.29, 0.717) is 22.5 Å². The van der Waals surface area contributed by atoms with Gasteiger partial charge in [-0.05, 0) is 31.5 Å². The maximum atomic E-state index is 11.6. The molecule has 0 atom stereocenters. The van der Waals surface area contributed by atoms with Crippen molar-refractivity contribution in [2.45, 2.75) is 13.8 Å². The van der Waals surface area contributed by atoms with Gasteiger partial charge in [-0.2, -0.15) is 4.98 Å². The zero-order valence-electron chi connectivity index (χ0n) is 8.91. The fourth-order valence-electron chi connectivity index (χ4n) is 1.47. The van der Waals surface area contributed by atoms with Crippen molar-refractivity contribution in [2.75, 3.05) is 6.61 Å². The van der Waals surface area contributed by atoms with Crippen molar-refractivity contribution in [1.29, 1.82) is 0 Å². The maximum Gasteiger partial charge on any atom is 0.397 e. The van der Waals surface area contributed by atoms with E-state index in [1.165, 1.54) is 0 Å². The molecule has 1 aromatic heterocycles. The van der Waals surface area contributed by atoms with Gasteiger partial charge < -0.3 is 9.15 Å². The predicted octanol–water partition coefficient (Wildman–Crippen LogP) is 2.55. The van der Waals surface area contributed by atoms with E-state index < -0.39 is 5.63 Å². The van der Waals surface area contributed by atoms with Crippen LogP contribution in [0.4, 0.5) is 0 Å². The number of halogens is 1. The van der Waals surface area contributed by atoms with E-state index in [2.05, 4.69) is 4.98 Å². The van der Waals surface area contributed by atoms with Crippen molar-refractivity contribution in [2.24, 2.45) is 0 Å². The van der Waals surface area contributed by atoms with Crippen LogP contribution in [0, 0.1) is 6.92 Å². The van der Waals surface area contributed by atoms with Crippen LogP contribution in [0.25, 0.3) is 10.9 Å². The van der Waals surface area contributed by atoms with Crippen LogP contribution in [-0.2, 0) is 0 Å². The van der Waals surface area contributed by atoms with Gasteiger partial charge in [0, 0.05) is 5.02 Å². The number of rotatable bonds is 2. The summed E-state index contributed by atoms with van der Waals surface area (Å²) in [5, 5.41) is 0.858. The summed E-state index contributed by atoms with van der Waals surface area (Å²) in [4.78, 5) is 15.8. The van der Waals surface area contributed by atoms with Gasteiger partial charge >= 0.3 is 11.7 Å². The number of hydrogen-bond donors (Lipinski definition) is 0. The highest BCUT2D eigenvalue weighted by Crippen LogP contribution is 2.21. The first-order chi connectivity index (χ1) is 7.61. The fraction of sp³-hybridized carbons (Fsp3) is 0.273. The normalized spacial score (nSPS) is 10.7. The molecule has 0 amide bonds. The molecule has 0 aliphatic carbocycles. The quantitative estimate of drug-likeness (QED) is 0.808. The van der Waals surface area contributed by atoms with Crippen molar-refractivity contribution in [3.63, 3.8) is 0 Å². The van der Waals surface area contributed by atoms with Gasteiger partial charge in [-0.3, -0.25) is 0 Å². The summed E-state index contributed by atoms with van der Waals surface area (Å²) in [5.41, 5.74) is 0.888. The summed E-state index contributed by atoms with van der Waals surface area (Å²) in [6.45, 7) is 4.02. The Hall–Kier alpha value is -1.55. The standard InChI is InChI=1S/C11H10ClNO3/c1-3-15-11-13-9-6(2)4-7(12)5-8(9)10(14)16-11/h4-5H,3H2,1-2H3. The number of fused-ring (bicyclic) bond motifs is 1. The minimum absolute atomic E-state index is 0.00887. The molecule has 2 rings (SSSR count). The van der Waals surface area contributed by atoms with Crippen LogP contribution < -0.4 is 10.4 Å². The first-order valence-electron chi connectivity index (χ1n) is 4.85. The molecule has 2 aromatic rings. The molecule has 0 fully saturated rings. The van der Waals surface area contributed by atoms with Crippen molar-refractivity contribution in [3.8, 4) is 6.08 Å². The van der Waals surface area contributed by atoms with Crippen LogP contribution in [0.2, 0.25) is 5.02 Å². The number of hydrogen-bond acceptors (Lipinski definition) is 4. The molecule has 0 saturated carbocycles. The summed E-state index contributed by atoms with van der Waals surface area (Å²) in [6, 6.07) is 3.28. The van der Waals surface area contributed by atoms with E-state index in [4.69, 9.17) is 20.8 Å². The molecule has 0 aliphatic rings. The second-order valence-electron chi connectivity index (χ2n) is 3.32. The zero-order chi connectivity index (χ0) is 11.7. The van der Waals surface area contributed by atoms with Gasteiger partial charge in [-0.15, -0.1) is 0 Å².